The molecule has 0 saturated carbocycles. The number of ether oxygens (including phenoxy) is 2. The first kappa shape index (κ1) is 27.3. The monoisotopic (exact) mass is 571 g/mol. The lowest BCUT2D eigenvalue weighted by Gasteiger charge is -2.21. The number of aromatic nitrogens is 3. The van der Waals surface area contributed by atoms with Crippen LogP contribution in [0.15, 0.2) is 35.3 Å². The van der Waals surface area contributed by atoms with Gasteiger partial charge < -0.3 is 29.6 Å². The van der Waals surface area contributed by atoms with E-state index in [-0.39, 0.29) is 36.1 Å². The number of anilines is 1. The second-order valence-electron chi connectivity index (χ2n) is 8.29. The van der Waals surface area contributed by atoms with Crippen LogP contribution in [0.1, 0.15) is 31.4 Å². The van der Waals surface area contributed by atoms with Gasteiger partial charge in [0.05, 0.1) is 19.3 Å². The van der Waals surface area contributed by atoms with Crippen molar-refractivity contribution >= 4 is 35.6 Å². The minimum Gasteiger partial charge on any atom is -0.379 e. The van der Waals surface area contributed by atoms with Crippen LogP contribution in [0.5, 0.6) is 0 Å². The smallest absolute Gasteiger partial charge is 0.191 e. The van der Waals surface area contributed by atoms with E-state index in [0.29, 0.717) is 19.8 Å². The number of rotatable bonds is 11. The number of guanidine groups is 1. The first-order valence-electron chi connectivity index (χ1n) is 11.4. The molecule has 33 heavy (non-hydrogen) atoms. The summed E-state index contributed by atoms with van der Waals surface area (Å²) in [5.74, 6) is 2.47. The van der Waals surface area contributed by atoms with E-state index in [1.165, 1.54) is 5.69 Å². The van der Waals surface area contributed by atoms with E-state index in [4.69, 9.17) is 14.5 Å². The number of hydrogen-bond acceptors (Lipinski definition) is 6. The Morgan fingerprint density at radius 1 is 1.33 bits per heavy atom. The van der Waals surface area contributed by atoms with Crippen molar-refractivity contribution in [1.29, 1.82) is 0 Å². The summed E-state index contributed by atoms with van der Waals surface area (Å²) >= 11 is 0. The van der Waals surface area contributed by atoms with Crippen LogP contribution in [-0.4, -0.2) is 72.8 Å². The fourth-order valence-corrected chi connectivity index (χ4v) is 3.43. The Morgan fingerprint density at radius 3 is 2.79 bits per heavy atom. The van der Waals surface area contributed by atoms with Crippen LogP contribution in [0.4, 0.5) is 5.69 Å². The van der Waals surface area contributed by atoms with Gasteiger partial charge in [-0.1, -0.05) is 18.2 Å². The van der Waals surface area contributed by atoms with Crippen LogP contribution < -0.4 is 15.5 Å². The van der Waals surface area contributed by atoms with Gasteiger partial charge >= 0.3 is 0 Å². The molecule has 0 radical (unpaired) electrons. The minimum atomic E-state index is 0. The highest BCUT2D eigenvalue weighted by atomic mass is 127. The summed E-state index contributed by atoms with van der Waals surface area (Å²) in [6, 6.07) is 10.5. The van der Waals surface area contributed by atoms with E-state index < -0.39 is 0 Å². The first-order chi connectivity index (χ1) is 15.5. The summed E-state index contributed by atoms with van der Waals surface area (Å²) in [5.41, 5.74) is 1.22. The number of halogens is 1. The average Bonchev–Trinajstić information content (AvgIpc) is 3.44. The van der Waals surface area contributed by atoms with Crippen LogP contribution in [0.25, 0.3) is 0 Å². The van der Waals surface area contributed by atoms with Gasteiger partial charge in [0.25, 0.3) is 0 Å². The molecule has 1 aromatic carbocycles. The second-order valence-corrected chi connectivity index (χ2v) is 8.29. The van der Waals surface area contributed by atoms with Crippen LogP contribution in [0, 0.1) is 6.92 Å². The number of para-hydroxylation sites is 1. The van der Waals surface area contributed by atoms with Crippen LogP contribution in [-0.2, 0) is 23.1 Å². The topological polar surface area (TPSA) is 88.8 Å². The Kier molecular flexibility index (Phi) is 11.9. The lowest BCUT2D eigenvalue weighted by atomic mass is 10.3. The van der Waals surface area contributed by atoms with Gasteiger partial charge in [0.15, 0.2) is 11.8 Å². The minimum absolute atomic E-state index is 0. The van der Waals surface area contributed by atoms with Crippen molar-refractivity contribution in [3.05, 3.63) is 42.0 Å². The van der Waals surface area contributed by atoms with E-state index >= 15 is 0 Å². The Bertz CT molecular complexity index is 841. The molecule has 1 aromatic heterocycles. The molecule has 2 aromatic rings. The zero-order chi connectivity index (χ0) is 22.8. The maximum absolute atomic E-state index is 5.95. The molecular formula is C23H38IN7O2. The third-order valence-corrected chi connectivity index (χ3v) is 5.57. The van der Waals surface area contributed by atoms with E-state index in [2.05, 4.69) is 64.0 Å². The summed E-state index contributed by atoms with van der Waals surface area (Å²) in [6.07, 6.45) is 2.15. The molecule has 0 spiro atoms. The fourth-order valence-electron chi connectivity index (χ4n) is 3.43. The predicted molar refractivity (Wildman–Crippen MR) is 142 cm³/mol. The number of hydrogen-bond donors (Lipinski definition) is 2. The highest BCUT2D eigenvalue weighted by molar-refractivity contribution is 14.0. The van der Waals surface area contributed by atoms with Crippen molar-refractivity contribution < 1.29 is 9.47 Å². The molecule has 1 fully saturated rings. The van der Waals surface area contributed by atoms with Crippen molar-refractivity contribution in [2.75, 3.05) is 44.9 Å². The van der Waals surface area contributed by atoms with Gasteiger partial charge in [0, 0.05) is 45.5 Å². The first-order valence-corrected chi connectivity index (χ1v) is 11.4. The molecule has 9 nitrogen and oxygen atoms in total. The lowest BCUT2D eigenvalue weighted by Crippen LogP contribution is -2.45. The van der Waals surface area contributed by atoms with E-state index in [1.54, 1.807) is 0 Å². The van der Waals surface area contributed by atoms with Crippen LogP contribution in [0.2, 0.25) is 0 Å². The van der Waals surface area contributed by atoms with Gasteiger partial charge in [0.2, 0.25) is 0 Å². The fraction of sp³-hybridized carbons (Fsp3) is 0.609. The van der Waals surface area contributed by atoms with Crippen LogP contribution >= 0.6 is 24.0 Å². The normalized spacial score (nSPS) is 16.8. The van der Waals surface area contributed by atoms with Gasteiger partial charge in [0.1, 0.15) is 12.4 Å². The Labute approximate surface area is 214 Å². The summed E-state index contributed by atoms with van der Waals surface area (Å²) in [7, 11) is 4.07. The van der Waals surface area contributed by atoms with Crippen molar-refractivity contribution in [1.82, 2.24) is 25.4 Å². The molecule has 2 unspecified atom stereocenters. The van der Waals surface area contributed by atoms with Crippen molar-refractivity contribution in [2.24, 2.45) is 12.0 Å². The maximum Gasteiger partial charge on any atom is 0.191 e. The molecule has 0 bridgehead atoms. The Balaban J connectivity index is 0.00000385. The highest BCUT2D eigenvalue weighted by Crippen LogP contribution is 2.11. The summed E-state index contributed by atoms with van der Waals surface area (Å²) in [6.45, 7) is 8.34. The number of benzene rings is 1. The summed E-state index contributed by atoms with van der Waals surface area (Å²) in [5, 5.41) is 15.2. The third-order valence-electron chi connectivity index (χ3n) is 5.57. The molecule has 1 aliphatic heterocycles. The summed E-state index contributed by atoms with van der Waals surface area (Å²) < 4.78 is 13.3. The standard InChI is InChI=1S/C23H37N7O2.HI/c1-18(16-32-21-11-14-31-17-21)26-23(25-15-22-28-27-19(2)30(22)4)24-12-8-13-29(3)20-9-6-5-7-10-20;/h5-7,9-10,18,21H,8,11-17H2,1-4H3,(H2,24,25,26);1H. The molecule has 2 N–H and O–H groups in total. The molecule has 0 aliphatic carbocycles. The lowest BCUT2D eigenvalue weighted by molar-refractivity contribution is 0.0347. The third kappa shape index (κ3) is 9.09. The molecule has 2 atom stereocenters. The van der Waals surface area contributed by atoms with E-state index in [1.807, 2.05) is 24.6 Å². The molecule has 2 heterocycles. The quantitative estimate of drug-likeness (QED) is 0.186. The highest BCUT2D eigenvalue weighted by Gasteiger charge is 2.17. The zero-order valence-corrected chi connectivity index (χ0v) is 22.5. The average molecular weight is 572 g/mol. The second kappa shape index (κ2) is 14.4. The molecule has 3 rings (SSSR count). The Hall–Kier alpha value is -1.92. The van der Waals surface area contributed by atoms with Crippen molar-refractivity contribution in [2.45, 2.75) is 45.4 Å². The largest absolute Gasteiger partial charge is 0.379 e. The van der Waals surface area contributed by atoms with E-state index in [0.717, 1.165) is 50.1 Å². The van der Waals surface area contributed by atoms with E-state index in [9.17, 15) is 0 Å². The SMILES string of the molecule is Cc1nnc(CN=C(NCCCN(C)c2ccccc2)NC(C)COC2CCOC2)n1C.I. The Morgan fingerprint density at radius 2 is 2.12 bits per heavy atom. The summed E-state index contributed by atoms with van der Waals surface area (Å²) in [4.78, 5) is 7.00. The number of aliphatic imine (C=N–C) groups is 1. The molecule has 1 saturated heterocycles. The predicted octanol–water partition coefficient (Wildman–Crippen LogP) is 2.50. The molecule has 1 aliphatic rings. The van der Waals surface area contributed by atoms with Gasteiger partial charge in [-0.15, -0.1) is 34.2 Å². The number of nitrogens with zero attached hydrogens (tertiary/aromatic N) is 5. The van der Waals surface area contributed by atoms with Crippen molar-refractivity contribution in [3.8, 4) is 0 Å². The maximum atomic E-state index is 5.95. The zero-order valence-electron chi connectivity index (χ0n) is 20.2. The molecule has 0 amide bonds. The van der Waals surface area contributed by atoms with Gasteiger partial charge in [-0.05, 0) is 38.8 Å². The van der Waals surface area contributed by atoms with Crippen LogP contribution in [0.3, 0.4) is 0 Å². The van der Waals surface area contributed by atoms with Gasteiger partial charge in [-0.3, -0.25) is 0 Å². The molecular weight excluding hydrogens is 533 g/mol. The number of nitrogens with one attached hydrogen (secondary N) is 2. The van der Waals surface area contributed by atoms with Gasteiger partial charge in [-0.2, -0.15) is 0 Å². The molecule has 10 heteroatoms. The van der Waals surface area contributed by atoms with Crippen molar-refractivity contribution in [3.63, 3.8) is 0 Å². The number of aryl methyl sites for hydroxylation is 1. The van der Waals surface area contributed by atoms with Gasteiger partial charge in [-0.25, -0.2) is 4.99 Å². The molecule has 184 valence electrons.